The van der Waals surface area contributed by atoms with E-state index in [1.165, 1.54) is 0 Å². The number of hydrogen-bond acceptors (Lipinski definition) is 2. The molecule has 18 heavy (non-hydrogen) atoms. The molecule has 1 atom stereocenters. The molecule has 0 bridgehead atoms. The van der Waals surface area contributed by atoms with Crippen molar-refractivity contribution in [2.45, 2.75) is 71.6 Å². The van der Waals surface area contributed by atoms with Crippen molar-refractivity contribution in [3.63, 3.8) is 0 Å². The molecule has 0 saturated carbocycles. The summed E-state index contributed by atoms with van der Waals surface area (Å²) in [6, 6.07) is -0.0286. The van der Waals surface area contributed by atoms with E-state index in [0.717, 1.165) is 12.8 Å². The van der Waals surface area contributed by atoms with E-state index in [-0.39, 0.29) is 11.1 Å². The Morgan fingerprint density at radius 3 is 2.06 bits per heavy atom. The lowest BCUT2D eigenvalue weighted by atomic mass is 9.95. The highest BCUT2D eigenvalue weighted by molar-refractivity contribution is 6.74. The largest absolute Gasteiger partial charge is 0.416 e. The molecule has 0 N–H and O–H groups in total. The molecule has 0 spiro atoms. The highest BCUT2D eigenvalue weighted by Gasteiger charge is 2.37. The topological polar surface area (TPSA) is 58.0 Å². The molecule has 5 heteroatoms. The van der Waals surface area contributed by atoms with Crippen LogP contribution >= 0.6 is 0 Å². The molecular weight excluding hydrogens is 242 g/mol. The summed E-state index contributed by atoms with van der Waals surface area (Å²) < 4.78 is 6.17. The van der Waals surface area contributed by atoms with E-state index in [4.69, 9.17) is 9.96 Å². The fourth-order valence-corrected chi connectivity index (χ4v) is 2.69. The second-order valence-corrected chi connectivity index (χ2v) is 11.2. The summed E-state index contributed by atoms with van der Waals surface area (Å²) in [4.78, 5) is 2.98. The zero-order chi connectivity index (χ0) is 14.4. The zero-order valence-electron chi connectivity index (χ0n) is 13.0. The first-order chi connectivity index (χ1) is 8.19. The van der Waals surface area contributed by atoms with Crippen LogP contribution in [0.15, 0.2) is 5.11 Å². The SMILES string of the molecule is CCC(CC)[C@@H](CO[Si](C)(C)C(C)(C)C)N=[N+]=[N-]. The van der Waals surface area contributed by atoms with Crippen molar-refractivity contribution in [1.82, 2.24) is 0 Å². The van der Waals surface area contributed by atoms with Gasteiger partial charge in [0.2, 0.25) is 0 Å². The van der Waals surface area contributed by atoms with Crippen LogP contribution in [0.5, 0.6) is 0 Å². The first-order valence-corrected chi connectivity index (χ1v) is 9.78. The second-order valence-electron chi connectivity index (χ2n) is 6.42. The highest BCUT2D eigenvalue weighted by Crippen LogP contribution is 2.37. The van der Waals surface area contributed by atoms with Crippen LogP contribution in [0.1, 0.15) is 47.5 Å². The minimum absolute atomic E-state index is 0.0286. The van der Waals surface area contributed by atoms with Gasteiger partial charge in [-0.05, 0) is 29.6 Å². The fraction of sp³-hybridized carbons (Fsp3) is 1.00. The van der Waals surface area contributed by atoms with Crippen LogP contribution in [0.4, 0.5) is 0 Å². The van der Waals surface area contributed by atoms with Gasteiger partial charge >= 0.3 is 0 Å². The van der Waals surface area contributed by atoms with Crippen LogP contribution in [0.25, 0.3) is 10.4 Å². The van der Waals surface area contributed by atoms with Gasteiger partial charge in [-0.3, -0.25) is 0 Å². The van der Waals surface area contributed by atoms with Gasteiger partial charge in [0.05, 0.1) is 6.04 Å². The molecule has 0 radical (unpaired) electrons. The van der Waals surface area contributed by atoms with Gasteiger partial charge in [-0.15, -0.1) is 0 Å². The number of rotatable bonds is 7. The normalized spacial score (nSPS) is 14.4. The molecule has 0 fully saturated rings. The van der Waals surface area contributed by atoms with E-state index in [0.29, 0.717) is 12.5 Å². The van der Waals surface area contributed by atoms with E-state index in [9.17, 15) is 0 Å². The lowest BCUT2D eigenvalue weighted by Crippen LogP contribution is -2.43. The third-order valence-corrected chi connectivity index (χ3v) is 8.71. The maximum atomic E-state index is 8.68. The third kappa shape index (κ3) is 5.00. The molecule has 0 aliphatic carbocycles. The Balaban J connectivity index is 4.68. The Morgan fingerprint density at radius 1 is 1.22 bits per heavy atom. The number of nitrogens with zero attached hydrogens (tertiary/aromatic N) is 3. The first kappa shape index (κ1) is 17.5. The summed E-state index contributed by atoms with van der Waals surface area (Å²) in [6.07, 6.45) is 2.06. The lowest BCUT2D eigenvalue weighted by molar-refractivity contribution is 0.221. The standard InChI is InChI=1S/C13H29N3OSi/c1-8-11(9-2)12(15-16-14)10-17-18(6,7)13(3,4)5/h11-12H,8-10H2,1-7H3/t12-/m1/s1. The maximum absolute atomic E-state index is 8.68. The van der Waals surface area contributed by atoms with E-state index in [1.807, 2.05) is 0 Å². The van der Waals surface area contributed by atoms with Gasteiger partial charge in [0.15, 0.2) is 8.32 Å². The van der Waals surface area contributed by atoms with Crippen LogP contribution in [0.3, 0.4) is 0 Å². The molecule has 0 aromatic carbocycles. The van der Waals surface area contributed by atoms with Gasteiger partial charge in [-0.25, -0.2) is 0 Å². The smallest absolute Gasteiger partial charge is 0.191 e. The highest BCUT2D eigenvalue weighted by atomic mass is 28.4. The number of azide groups is 1. The first-order valence-electron chi connectivity index (χ1n) is 6.87. The molecule has 0 unspecified atom stereocenters. The summed E-state index contributed by atoms with van der Waals surface area (Å²) in [6.45, 7) is 16.0. The second kappa shape index (κ2) is 7.17. The minimum Gasteiger partial charge on any atom is -0.416 e. The summed E-state index contributed by atoms with van der Waals surface area (Å²) in [7, 11) is -1.75. The minimum atomic E-state index is -1.75. The molecule has 4 nitrogen and oxygen atoms in total. The van der Waals surface area contributed by atoms with E-state index >= 15 is 0 Å². The van der Waals surface area contributed by atoms with Gasteiger partial charge in [-0.1, -0.05) is 52.6 Å². The molecule has 0 heterocycles. The summed E-state index contributed by atoms with van der Waals surface area (Å²) in [5, 5.41) is 4.13. The van der Waals surface area contributed by atoms with Crippen molar-refractivity contribution < 1.29 is 4.43 Å². The quantitative estimate of drug-likeness (QED) is 0.274. The van der Waals surface area contributed by atoms with Crippen LogP contribution in [-0.4, -0.2) is 21.0 Å². The van der Waals surface area contributed by atoms with Gasteiger partial charge in [-0.2, -0.15) is 0 Å². The molecule has 0 aliphatic heterocycles. The Kier molecular flexibility index (Phi) is 6.96. The predicted octanol–water partition coefficient (Wildman–Crippen LogP) is 5.12. The molecule has 0 aromatic heterocycles. The zero-order valence-corrected chi connectivity index (χ0v) is 14.0. The molecule has 106 valence electrons. The van der Waals surface area contributed by atoms with Crippen molar-refractivity contribution >= 4 is 8.32 Å². The van der Waals surface area contributed by atoms with Crippen molar-refractivity contribution in [3.8, 4) is 0 Å². The van der Waals surface area contributed by atoms with Gasteiger partial charge in [0, 0.05) is 11.5 Å². The monoisotopic (exact) mass is 271 g/mol. The fourth-order valence-electron chi connectivity index (χ4n) is 1.67. The van der Waals surface area contributed by atoms with Crippen molar-refractivity contribution in [2.75, 3.05) is 6.61 Å². The summed E-state index contributed by atoms with van der Waals surface area (Å²) in [5.41, 5.74) is 8.68. The van der Waals surface area contributed by atoms with Crippen LogP contribution in [-0.2, 0) is 4.43 Å². The molecule has 0 aromatic rings. The molecular formula is C13H29N3OSi. The van der Waals surface area contributed by atoms with Crippen molar-refractivity contribution in [2.24, 2.45) is 11.0 Å². The van der Waals surface area contributed by atoms with Crippen molar-refractivity contribution in [3.05, 3.63) is 10.4 Å². The molecule has 0 rings (SSSR count). The van der Waals surface area contributed by atoms with Crippen molar-refractivity contribution in [1.29, 1.82) is 0 Å². The van der Waals surface area contributed by atoms with Crippen LogP contribution < -0.4 is 0 Å². The van der Waals surface area contributed by atoms with E-state index in [2.05, 4.69) is 57.7 Å². The average molecular weight is 271 g/mol. The number of hydrogen-bond donors (Lipinski definition) is 0. The predicted molar refractivity (Wildman–Crippen MR) is 80.2 cm³/mol. The Labute approximate surface area is 113 Å². The Morgan fingerprint density at radius 2 is 1.72 bits per heavy atom. The van der Waals surface area contributed by atoms with E-state index in [1.54, 1.807) is 0 Å². The van der Waals surface area contributed by atoms with E-state index < -0.39 is 8.32 Å². The Bertz CT molecular complexity index is 289. The lowest BCUT2D eigenvalue weighted by Gasteiger charge is -2.37. The van der Waals surface area contributed by atoms with Crippen LogP contribution in [0.2, 0.25) is 18.1 Å². The molecule has 0 aliphatic rings. The summed E-state index contributed by atoms with van der Waals surface area (Å²) in [5.74, 6) is 0.422. The summed E-state index contributed by atoms with van der Waals surface area (Å²) >= 11 is 0. The van der Waals surface area contributed by atoms with Gasteiger partial charge in [0.1, 0.15) is 0 Å². The average Bonchev–Trinajstić information content (AvgIpc) is 2.26. The van der Waals surface area contributed by atoms with Gasteiger partial charge in [0.25, 0.3) is 0 Å². The van der Waals surface area contributed by atoms with Crippen LogP contribution in [0, 0.1) is 5.92 Å². The molecule has 0 saturated heterocycles. The van der Waals surface area contributed by atoms with Gasteiger partial charge < -0.3 is 4.43 Å². The molecule has 0 amide bonds. The third-order valence-electron chi connectivity index (χ3n) is 4.21. The maximum Gasteiger partial charge on any atom is 0.191 e. The Hall–Kier alpha value is -0.513.